The number of hydrogen-bond acceptors (Lipinski definition) is 3. The first kappa shape index (κ1) is 14.0. The lowest BCUT2D eigenvalue weighted by Crippen LogP contribution is -2.32. The van der Waals surface area contributed by atoms with Gasteiger partial charge in [-0.1, -0.05) is 12.1 Å². The van der Waals surface area contributed by atoms with Crippen LogP contribution in [-0.2, 0) is 0 Å². The Morgan fingerprint density at radius 1 is 1.29 bits per heavy atom. The molecule has 17 heavy (non-hydrogen) atoms. The predicted octanol–water partition coefficient (Wildman–Crippen LogP) is 2.30. The van der Waals surface area contributed by atoms with E-state index in [1.807, 2.05) is 24.3 Å². The number of Topliss-reactive ketones (excluding diaryl/α,β-unsaturated/α-hetero) is 1. The summed E-state index contributed by atoms with van der Waals surface area (Å²) in [5.74, 6) is 1.06. The van der Waals surface area contributed by atoms with Gasteiger partial charge in [-0.25, -0.2) is 0 Å². The van der Waals surface area contributed by atoms with Crippen LogP contribution in [0.25, 0.3) is 0 Å². The van der Waals surface area contributed by atoms with E-state index in [-0.39, 0.29) is 24.1 Å². The molecule has 1 saturated heterocycles. The molecule has 0 aliphatic carbocycles. The molecule has 0 saturated carbocycles. The van der Waals surface area contributed by atoms with Crippen molar-refractivity contribution in [3.05, 3.63) is 29.8 Å². The highest BCUT2D eigenvalue weighted by molar-refractivity contribution is 6.00. The second kappa shape index (κ2) is 6.62. The SMILES string of the molecule is COc1ccccc1C(=O)C1CCNCC1.Cl. The first-order chi connectivity index (χ1) is 7.83. The number of benzene rings is 1. The Morgan fingerprint density at radius 3 is 2.59 bits per heavy atom. The Morgan fingerprint density at radius 2 is 1.94 bits per heavy atom. The van der Waals surface area contributed by atoms with Crippen molar-refractivity contribution in [2.24, 2.45) is 5.92 Å². The summed E-state index contributed by atoms with van der Waals surface area (Å²) in [6.07, 6.45) is 1.85. The number of carbonyl (C=O) groups is 1. The Labute approximate surface area is 108 Å². The van der Waals surface area contributed by atoms with Crippen LogP contribution < -0.4 is 10.1 Å². The van der Waals surface area contributed by atoms with Crippen LogP contribution in [0.3, 0.4) is 0 Å². The van der Waals surface area contributed by atoms with E-state index in [0.29, 0.717) is 5.75 Å². The van der Waals surface area contributed by atoms with Gasteiger partial charge in [0, 0.05) is 5.92 Å². The zero-order chi connectivity index (χ0) is 11.4. The van der Waals surface area contributed by atoms with Crippen molar-refractivity contribution in [1.29, 1.82) is 0 Å². The number of carbonyl (C=O) groups excluding carboxylic acids is 1. The minimum absolute atomic E-state index is 0. The van der Waals surface area contributed by atoms with E-state index in [1.54, 1.807) is 7.11 Å². The number of methoxy groups -OCH3 is 1. The van der Waals surface area contributed by atoms with Crippen LogP contribution in [0.1, 0.15) is 23.2 Å². The fourth-order valence-corrected chi connectivity index (χ4v) is 2.15. The molecule has 0 aromatic heterocycles. The number of ether oxygens (including phenoxy) is 1. The summed E-state index contributed by atoms with van der Waals surface area (Å²) in [6.45, 7) is 1.87. The normalized spacial score (nSPS) is 16.1. The first-order valence-electron chi connectivity index (χ1n) is 5.71. The van der Waals surface area contributed by atoms with Crippen molar-refractivity contribution >= 4 is 18.2 Å². The van der Waals surface area contributed by atoms with Crippen LogP contribution >= 0.6 is 12.4 Å². The van der Waals surface area contributed by atoms with E-state index in [4.69, 9.17) is 4.74 Å². The summed E-state index contributed by atoms with van der Waals surface area (Å²) in [5.41, 5.74) is 0.719. The van der Waals surface area contributed by atoms with E-state index in [2.05, 4.69) is 5.32 Å². The van der Waals surface area contributed by atoms with E-state index >= 15 is 0 Å². The molecule has 0 radical (unpaired) electrons. The number of halogens is 1. The van der Waals surface area contributed by atoms with Crippen LogP contribution in [0.2, 0.25) is 0 Å². The van der Waals surface area contributed by atoms with Gasteiger partial charge in [0.2, 0.25) is 0 Å². The maximum atomic E-state index is 12.3. The molecule has 1 N–H and O–H groups in total. The maximum absolute atomic E-state index is 12.3. The van der Waals surface area contributed by atoms with Gasteiger partial charge in [-0.2, -0.15) is 0 Å². The maximum Gasteiger partial charge on any atom is 0.169 e. The summed E-state index contributed by atoms with van der Waals surface area (Å²) < 4.78 is 5.22. The number of nitrogens with one attached hydrogen (secondary N) is 1. The molecule has 0 amide bonds. The van der Waals surface area contributed by atoms with Gasteiger partial charge < -0.3 is 10.1 Å². The van der Waals surface area contributed by atoms with E-state index in [1.165, 1.54) is 0 Å². The average Bonchev–Trinajstić information content (AvgIpc) is 2.39. The summed E-state index contributed by atoms with van der Waals surface area (Å²) in [4.78, 5) is 12.3. The van der Waals surface area contributed by atoms with Crippen LogP contribution in [0.15, 0.2) is 24.3 Å². The second-order valence-electron chi connectivity index (χ2n) is 4.09. The fraction of sp³-hybridized carbons (Fsp3) is 0.462. The predicted molar refractivity (Wildman–Crippen MR) is 70.2 cm³/mol. The monoisotopic (exact) mass is 255 g/mol. The van der Waals surface area contributed by atoms with Crippen LogP contribution in [0.4, 0.5) is 0 Å². The van der Waals surface area contributed by atoms with Gasteiger partial charge in [0.25, 0.3) is 0 Å². The van der Waals surface area contributed by atoms with Crippen molar-refractivity contribution in [3.63, 3.8) is 0 Å². The number of para-hydroxylation sites is 1. The Bertz CT molecular complexity index is 375. The largest absolute Gasteiger partial charge is 0.496 e. The van der Waals surface area contributed by atoms with Gasteiger partial charge in [0.1, 0.15) is 5.75 Å². The van der Waals surface area contributed by atoms with Crippen molar-refractivity contribution in [3.8, 4) is 5.75 Å². The van der Waals surface area contributed by atoms with Crippen LogP contribution in [0, 0.1) is 5.92 Å². The third-order valence-corrected chi connectivity index (χ3v) is 3.08. The molecule has 4 heteroatoms. The average molecular weight is 256 g/mol. The lowest BCUT2D eigenvalue weighted by molar-refractivity contribution is 0.0892. The molecule has 94 valence electrons. The lowest BCUT2D eigenvalue weighted by atomic mass is 9.89. The lowest BCUT2D eigenvalue weighted by Gasteiger charge is -2.22. The second-order valence-corrected chi connectivity index (χ2v) is 4.09. The summed E-state index contributed by atoms with van der Waals surface area (Å²) in [6, 6.07) is 7.46. The first-order valence-corrected chi connectivity index (χ1v) is 5.71. The number of hydrogen-bond donors (Lipinski definition) is 1. The smallest absolute Gasteiger partial charge is 0.169 e. The quantitative estimate of drug-likeness (QED) is 0.843. The van der Waals surface area contributed by atoms with Crippen molar-refractivity contribution in [2.75, 3.05) is 20.2 Å². The summed E-state index contributed by atoms with van der Waals surface area (Å²) in [5, 5.41) is 3.27. The molecule has 1 aromatic rings. The highest BCUT2D eigenvalue weighted by Gasteiger charge is 2.24. The van der Waals surface area contributed by atoms with Gasteiger partial charge in [0.05, 0.1) is 12.7 Å². The number of ketones is 1. The molecule has 1 heterocycles. The van der Waals surface area contributed by atoms with Crippen molar-refractivity contribution < 1.29 is 9.53 Å². The Hall–Kier alpha value is -1.06. The van der Waals surface area contributed by atoms with E-state index in [9.17, 15) is 4.79 Å². The Kier molecular flexibility index (Phi) is 5.45. The topological polar surface area (TPSA) is 38.3 Å². The fourth-order valence-electron chi connectivity index (χ4n) is 2.15. The standard InChI is InChI=1S/C13H17NO2.ClH/c1-16-12-5-3-2-4-11(12)13(15)10-6-8-14-9-7-10;/h2-5,10,14H,6-9H2,1H3;1H. The van der Waals surface area contributed by atoms with Gasteiger partial charge in [-0.3, -0.25) is 4.79 Å². The highest BCUT2D eigenvalue weighted by atomic mass is 35.5. The molecule has 1 aliphatic heterocycles. The molecular weight excluding hydrogens is 238 g/mol. The van der Waals surface area contributed by atoms with E-state index in [0.717, 1.165) is 31.5 Å². The molecule has 0 unspecified atom stereocenters. The summed E-state index contributed by atoms with van der Waals surface area (Å²) in [7, 11) is 1.61. The number of piperidine rings is 1. The molecule has 3 nitrogen and oxygen atoms in total. The van der Waals surface area contributed by atoms with Crippen molar-refractivity contribution in [2.45, 2.75) is 12.8 Å². The third kappa shape index (κ3) is 3.20. The van der Waals surface area contributed by atoms with Crippen LogP contribution in [0.5, 0.6) is 5.75 Å². The molecule has 2 rings (SSSR count). The van der Waals surface area contributed by atoms with Gasteiger partial charge >= 0.3 is 0 Å². The molecule has 0 bridgehead atoms. The minimum atomic E-state index is 0. The molecule has 1 aliphatic rings. The van der Waals surface area contributed by atoms with Gasteiger partial charge in [-0.15, -0.1) is 12.4 Å². The molecule has 0 spiro atoms. The molecular formula is C13H18ClNO2. The summed E-state index contributed by atoms with van der Waals surface area (Å²) >= 11 is 0. The van der Waals surface area contributed by atoms with Gasteiger partial charge in [0.15, 0.2) is 5.78 Å². The molecule has 1 fully saturated rings. The molecule has 1 aromatic carbocycles. The van der Waals surface area contributed by atoms with Gasteiger partial charge in [-0.05, 0) is 38.1 Å². The number of rotatable bonds is 3. The molecule has 0 atom stereocenters. The Balaban J connectivity index is 0.00000144. The third-order valence-electron chi connectivity index (χ3n) is 3.08. The van der Waals surface area contributed by atoms with Crippen molar-refractivity contribution in [1.82, 2.24) is 5.32 Å². The zero-order valence-corrected chi connectivity index (χ0v) is 10.8. The zero-order valence-electron chi connectivity index (χ0n) is 9.94. The minimum Gasteiger partial charge on any atom is -0.496 e. The van der Waals surface area contributed by atoms with Crippen LogP contribution in [-0.4, -0.2) is 26.0 Å². The van der Waals surface area contributed by atoms with E-state index < -0.39 is 0 Å². The highest BCUT2D eigenvalue weighted by Crippen LogP contribution is 2.24.